The fourth-order valence-corrected chi connectivity index (χ4v) is 2.53. The highest BCUT2D eigenvalue weighted by Gasteiger charge is 2.17. The Morgan fingerprint density at radius 2 is 2.00 bits per heavy atom. The van der Waals surface area contributed by atoms with Gasteiger partial charge in [-0.2, -0.15) is 0 Å². The number of fused-ring (bicyclic) bond motifs is 1. The van der Waals surface area contributed by atoms with Crippen LogP contribution in [0.4, 0.5) is 5.82 Å². The Labute approximate surface area is 123 Å². The molecule has 1 aromatic carbocycles. The van der Waals surface area contributed by atoms with Crippen molar-refractivity contribution >= 4 is 11.7 Å². The van der Waals surface area contributed by atoms with Crippen LogP contribution in [0.5, 0.6) is 0 Å². The van der Waals surface area contributed by atoms with Gasteiger partial charge in [0.2, 0.25) is 5.91 Å². The lowest BCUT2D eigenvalue weighted by Crippen LogP contribution is -2.29. The predicted octanol–water partition coefficient (Wildman–Crippen LogP) is 1.69. The van der Waals surface area contributed by atoms with Gasteiger partial charge in [0.15, 0.2) is 0 Å². The van der Waals surface area contributed by atoms with Gasteiger partial charge in [0, 0.05) is 17.8 Å². The van der Waals surface area contributed by atoms with Crippen molar-refractivity contribution in [3.63, 3.8) is 0 Å². The van der Waals surface area contributed by atoms with Gasteiger partial charge in [0.25, 0.3) is 0 Å². The van der Waals surface area contributed by atoms with E-state index in [1.807, 2.05) is 30.3 Å². The maximum absolute atomic E-state index is 11.9. The number of aromatic nitrogens is 2. The molecule has 21 heavy (non-hydrogen) atoms. The third-order valence-electron chi connectivity index (χ3n) is 3.62. The molecule has 1 aliphatic carbocycles. The number of carbonyl (C=O) groups excluding carboxylic acids is 1. The van der Waals surface area contributed by atoms with Crippen molar-refractivity contribution in [2.24, 2.45) is 0 Å². The van der Waals surface area contributed by atoms with Crippen molar-refractivity contribution in [2.75, 3.05) is 11.9 Å². The minimum atomic E-state index is -0.0378. The Bertz CT molecular complexity index is 627. The zero-order valence-electron chi connectivity index (χ0n) is 11.8. The largest absolute Gasteiger partial charge is 0.361 e. The number of hydrogen-bond acceptors (Lipinski definition) is 4. The highest BCUT2D eigenvalue weighted by molar-refractivity contribution is 5.80. The van der Waals surface area contributed by atoms with E-state index in [4.69, 9.17) is 0 Å². The molecule has 3 rings (SSSR count). The molecule has 0 fully saturated rings. The Morgan fingerprint density at radius 1 is 1.14 bits per heavy atom. The summed E-state index contributed by atoms with van der Waals surface area (Å²) < 4.78 is 0. The van der Waals surface area contributed by atoms with Gasteiger partial charge in [0.05, 0.1) is 6.54 Å². The first-order chi connectivity index (χ1) is 10.3. The van der Waals surface area contributed by atoms with Crippen LogP contribution in [0.1, 0.15) is 23.2 Å². The lowest BCUT2D eigenvalue weighted by molar-refractivity contribution is -0.119. The van der Waals surface area contributed by atoms with Crippen molar-refractivity contribution in [1.29, 1.82) is 0 Å². The zero-order chi connectivity index (χ0) is 14.5. The SMILES string of the molecule is O=C(CNc1ncnc2c1CCC2)NCc1ccccc1. The number of rotatable bonds is 5. The Morgan fingerprint density at radius 3 is 2.86 bits per heavy atom. The minimum Gasteiger partial charge on any atom is -0.361 e. The Hall–Kier alpha value is -2.43. The first kappa shape index (κ1) is 13.5. The van der Waals surface area contributed by atoms with E-state index in [0.29, 0.717) is 6.54 Å². The molecule has 1 aliphatic rings. The lowest BCUT2D eigenvalue weighted by Gasteiger charge is -2.10. The third-order valence-corrected chi connectivity index (χ3v) is 3.62. The maximum atomic E-state index is 11.9. The number of aryl methyl sites for hydroxylation is 1. The molecule has 0 saturated carbocycles. The Kier molecular flexibility index (Phi) is 4.09. The van der Waals surface area contributed by atoms with E-state index in [9.17, 15) is 4.79 Å². The minimum absolute atomic E-state index is 0.0378. The van der Waals surface area contributed by atoms with Crippen LogP contribution >= 0.6 is 0 Å². The molecule has 1 heterocycles. The van der Waals surface area contributed by atoms with Crippen LogP contribution in [0.3, 0.4) is 0 Å². The summed E-state index contributed by atoms with van der Waals surface area (Å²) in [6, 6.07) is 9.87. The van der Waals surface area contributed by atoms with E-state index in [1.165, 1.54) is 0 Å². The lowest BCUT2D eigenvalue weighted by atomic mass is 10.2. The van der Waals surface area contributed by atoms with E-state index in [-0.39, 0.29) is 12.5 Å². The van der Waals surface area contributed by atoms with Gasteiger partial charge in [-0.1, -0.05) is 30.3 Å². The molecule has 2 aromatic rings. The number of benzene rings is 1. The molecule has 5 nitrogen and oxygen atoms in total. The summed E-state index contributed by atoms with van der Waals surface area (Å²) >= 11 is 0. The van der Waals surface area contributed by atoms with Gasteiger partial charge in [0.1, 0.15) is 12.1 Å². The van der Waals surface area contributed by atoms with E-state index in [2.05, 4.69) is 20.6 Å². The number of carbonyl (C=O) groups is 1. The highest BCUT2D eigenvalue weighted by Crippen LogP contribution is 2.24. The summed E-state index contributed by atoms with van der Waals surface area (Å²) in [6.07, 6.45) is 4.67. The second-order valence-corrected chi connectivity index (χ2v) is 5.12. The van der Waals surface area contributed by atoms with Crippen LogP contribution in [0.15, 0.2) is 36.7 Å². The van der Waals surface area contributed by atoms with Crippen LogP contribution < -0.4 is 10.6 Å². The third kappa shape index (κ3) is 3.37. The van der Waals surface area contributed by atoms with Gasteiger partial charge in [-0.05, 0) is 24.8 Å². The average Bonchev–Trinajstić information content (AvgIpc) is 3.01. The second kappa shape index (κ2) is 6.35. The molecule has 0 atom stereocenters. The van der Waals surface area contributed by atoms with Crippen LogP contribution in [0, 0.1) is 0 Å². The number of hydrogen-bond donors (Lipinski definition) is 2. The highest BCUT2D eigenvalue weighted by atomic mass is 16.1. The van der Waals surface area contributed by atoms with Crippen LogP contribution in [-0.4, -0.2) is 22.4 Å². The van der Waals surface area contributed by atoms with E-state index < -0.39 is 0 Å². The number of anilines is 1. The molecule has 0 spiro atoms. The van der Waals surface area contributed by atoms with E-state index in [0.717, 1.165) is 41.9 Å². The smallest absolute Gasteiger partial charge is 0.239 e. The molecule has 1 amide bonds. The number of nitrogens with one attached hydrogen (secondary N) is 2. The summed E-state index contributed by atoms with van der Waals surface area (Å²) in [5, 5.41) is 6.01. The van der Waals surface area contributed by atoms with Gasteiger partial charge in [-0.25, -0.2) is 9.97 Å². The Balaban J connectivity index is 1.51. The van der Waals surface area contributed by atoms with Crippen molar-refractivity contribution in [3.05, 3.63) is 53.5 Å². The van der Waals surface area contributed by atoms with Gasteiger partial charge >= 0.3 is 0 Å². The molecule has 0 unspecified atom stereocenters. The summed E-state index contributed by atoms with van der Waals surface area (Å²) in [6.45, 7) is 0.777. The maximum Gasteiger partial charge on any atom is 0.239 e. The van der Waals surface area contributed by atoms with Crippen LogP contribution in [0.25, 0.3) is 0 Å². The predicted molar refractivity (Wildman–Crippen MR) is 80.8 cm³/mol. The van der Waals surface area contributed by atoms with Crippen LogP contribution in [-0.2, 0) is 24.2 Å². The molecule has 108 valence electrons. The standard InChI is InChI=1S/C16H18N4O/c21-15(17-9-12-5-2-1-3-6-12)10-18-16-13-7-4-8-14(13)19-11-20-16/h1-3,5-6,11H,4,7-10H2,(H,17,21)(H,18,19,20). The van der Waals surface area contributed by atoms with Crippen molar-refractivity contribution in [1.82, 2.24) is 15.3 Å². The number of nitrogens with zero attached hydrogens (tertiary/aromatic N) is 2. The van der Waals surface area contributed by atoms with Gasteiger partial charge < -0.3 is 10.6 Å². The topological polar surface area (TPSA) is 66.9 Å². The molecular formula is C16H18N4O. The summed E-state index contributed by atoms with van der Waals surface area (Å²) in [4.78, 5) is 20.4. The molecule has 0 bridgehead atoms. The zero-order valence-corrected chi connectivity index (χ0v) is 11.8. The van der Waals surface area contributed by atoms with Crippen molar-refractivity contribution < 1.29 is 4.79 Å². The first-order valence-electron chi connectivity index (χ1n) is 7.20. The quantitative estimate of drug-likeness (QED) is 0.876. The monoisotopic (exact) mass is 282 g/mol. The first-order valence-corrected chi connectivity index (χ1v) is 7.20. The molecule has 0 radical (unpaired) electrons. The van der Waals surface area contributed by atoms with Crippen molar-refractivity contribution in [3.8, 4) is 0 Å². The average molecular weight is 282 g/mol. The fourth-order valence-electron chi connectivity index (χ4n) is 2.53. The van der Waals surface area contributed by atoms with E-state index >= 15 is 0 Å². The summed E-state index contributed by atoms with van der Waals surface area (Å²) in [7, 11) is 0. The van der Waals surface area contributed by atoms with Crippen LogP contribution in [0.2, 0.25) is 0 Å². The van der Waals surface area contributed by atoms with Crippen molar-refractivity contribution in [2.45, 2.75) is 25.8 Å². The van der Waals surface area contributed by atoms with E-state index in [1.54, 1.807) is 6.33 Å². The molecule has 0 saturated heterocycles. The summed E-state index contributed by atoms with van der Waals surface area (Å²) in [5.41, 5.74) is 3.36. The molecule has 5 heteroatoms. The summed E-state index contributed by atoms with van der Waals surface area (Å²) in [5.74, 6) is 0.761. The molecule has 1 aromatic heterocycles. The van der Waals surface area contributed by atoms with Gasteiger partial charge in [-0.15, -0.1) is 0 Å². The molecule has 2 N–H and O–H groups in total. The van der Waals surface area contributed by atoms with Gasteiger partial charge in [-0.3, -0.25) is 4.79 Å². The fraction of sp³-hybridized carbons (Fsp3) is 0.312. The molecule has 0 aliphatic heterocycles. The number of amides is 1. The molecular weight excluding hydrogens is 264 g/mol. The normalized spacial score (nSPS) is 12.8. The second-order valence-electron chi connectivity index (χ2n) is 5.12.